The van der Waals surface area contributed by atoms with Gasteiger partial charge in [0.25, 0.3) is 0 Å². The minimum Gasteiger partial charge on any atom is -0.320 e. The third-order valence-electron chi connectivity index (χ3n) is 3.02. The fraction of sp³-hybridized carbons (Fsp3) is 0.214. The minimum absolute atomic E-state index is 0.0612. The first-order valence-electron chi connectivity index (χ1n) is 5.73. The van der Waals surface area contributed by atoms with Crippen LogP contribution in [-0.2, 0) is 6.18 Å². The molecule has 0 aliphatic heterocycles. The Morgan fingerprint density at radius 1 is 1.11 bits per heavy atom. The summed E-state index contributed by atoms with van der Waals surface area (Å²) >= 11 is 0. The Labute approximate surface area is 109 Å². The molecule has 0 aliphatic rings. The van der Waals surface area contributed by atoms with E-state index in [-0.39, 0.29) is 5.56 Å². The zero-order valence-corrected chi connectivity index (χ0v) is 10.3. The van der Waals surface area contributed by atoms with Gasteiger partial charge in [-0.2, -0.15) is 13.2 Å². The van der Waals surface area contributed by atoms with Crippen molar-refractivity contribution in [2.24, 2.45) is 5.73 Å². The average Bonchev–Trinajstić information content (AvgIpc) is 2.37. The van der Waals surface area contributed by atoms with Crippen LogP contribution >= 0.6 is 0 Å². The molecule has 0 radical (unpaired) electrons. The first-order valence-corrected chi connectivity index (χ1v) is 5.73. The lowest BCUT2D eigenvalue weighted by atomic mass is 9.93. The van der Waals surface area contributed by atoms with Gasteiger partial charge in [0.15, 0.2) is 0 Å². The number of aromatic nitrogens is 1. The average molecular weight is 266 g/mol. The number of hydrogen-bond donors (Lipinski definition) is 1. The van der Waals surface area contributed by atoms with Crippen molar-refractivity contribution in [1.82, 2.24) is 4.98 Å². The lowest BCUT2D eigenvalue weighted by Crippen LogP contribution is -2.19. The second-order valence-electron chi connectivity index (χ2n) is 4.29. The summed E-state index contributed by atoms with van der Waals surface area (Å²) in [6.45, 7) is 1.80. The SMILES string of the molecule is Cc1ccncc1C(N)c1ccccc1C(F)(F)F. The van der Waals surface area contributed by atoms with Crippen molar-refractivity contribution >= 4 is 0 Å². The zero-order chi connectivity index (χ0) is 14.0. The fourth-order valence-corrected chi connectivity index (χ4v) is 2.00. The van der Waals surface area contributed by atoms with Crippen molar-refractivity contribution in [2.45, 2.75) is 19.1 Å². The van der Waals surface area contributed by atoms with Crippen LogP contribution in [-0.4, -0.2) is 4.98 Å². The van der Waals surface area contributed by atoms with Gasteiger partial charge in [0.1, 0.15) is 0 Å². The van der Waals surface area contributed by atoms with Crippen molar-refractivity contribution in [3.8, 4) is 0 Å². The quantitative estimate of drug-likeness (QED) is 0.904. The zero-order valence-electron chi connectivity index (χ0n) is 10.3. The van der Waals surface area contributed by atoms with E-state index in [9.17, 15) is 13.2 Å². The van der Waals surface area contributed by atoms with E-state index in [1.54, 1.807) is 25.3 Å². The van der Waals surface area contributed by atoms with Crippen molar-refractivity contribution in [3.05, 3.63) is 65.0 Å². The molecule has 0 amide bonds. The summed E-state index contributed by atoms with van der Waals surface area (Å²) < 4.78 is 38.9. The topological polar surface area (TPSA) is 38.9 Å². The molecule has 5 heteroatoms. The Kier molecular flexibility index (Phi) is 3.57. The second kappa shape index (κ2) is 5.01. The molecule has 0 saturated heterocycles. The summed E-state index contributed by atoms with van der Waals surface area (Å²) in [5.74, 6) is 0. The molecule has 2 rings (SSSR count). The first-order chi connectivity index (χ1) is 8.91. The molecule has 0 spiro atoms. The number of rotatable bonds is 2. The van der Waals surface area contributed by atoms with Crippen LogP contribution in [0.5, 0.6) is 0 Å². The van der Waals surface area contributed by atoms with Crippen molar-refractivity contribution in [1.29, 1.82) is 0 Å². The molecular formula is C14H13F3N2. The molecule has 1 aromatic heterocycles. The molecular weight excluding hydrogens is 253 g/mol. The molecule has 0 bridgehead atoms. The number of pyridine rings is 1. The first kappa shape index (κ1) is 13.5. The molecule has 19 heavy (non-hydrogen) atoms. The van der Waals surface area contributed by atoms with Crippen LogP contribution in [0.3, 0.4) is 0 Å². The maximum Gasteiger partial charge on any atom is 0.416 e. The predicted octanol–water partition coefficient (Wildman–Crippen LogP) is 3.46. The van der Waals surface area contributed by atoms with E-state index in [1.807, 2.05) is 0 Å². The third-order valence-corrected chi connectivity index (χ3v) is 3.02. The highest BCUT2D eigenvalue weighted by Gasteiger charge is 2.34. The molecule has 0 fully saturated rings. The van der Waals surface area contributed by atoms with Gasteiger partial charge in [-0.1, -0.05) is 18.2 Å². The molecule has 1 atom stereocenters. The molecule has 100 valence electrons. The molecule has 2 N–H and O–H groups in total. The van der Waals surface area contributed by atoms with Crippen LogP contribution in [0.15, 0.2) is 42.7 Å². The maximum atomic E-state index is 13.0. The van der Waals surface area contributed by atoms with Gasteiger partial charge in [-0.05, 0) is 35.7 Å². The molecule has 1 heterocycles. The van der Waals surface area contributed by atoms with Gasteiger partial charge in [-0.25, -0.2) is 0 Å². The van der Waals surface area contributed by atoms with Gasteiger partial charge in [-0.15, -0.1) is 0 Å². The van der Waals surface area contributed by atoms with E-state index in [1.165, 1.54) is 18.3 Å². The van der Waals surface area contributed by atoms with Crippen LogP contribution < -0.4 is 5.73 Å². The summed E-state index contributed by atoms with van der Waals surface area (Å²) in [4.78, 5) is 3.92. The lowest BCUT2D eigenvalue weighted by Gasteiger charge is -2.19. The molecule has 0 saturated carbocycles. The number of aryl methyl sites for hydroxylation is 1. The number of hydrogen-bond acceptors (Lipinski definition) is 2. The lowest BCUT2D eigenvalue weighted by molar-refractivity contribution is -0.138. The summed E-state index contributed by atoms with van der Waals surface area (Å²) in [5, 5.41) is 0. The minimum atomic E-state index is -4.41. The fourth-order valence-electron chi connectivity index (χ4n) is 2.00. The van der Waals surface area contributed by atoms with Gasteiger partial charge >= 0.3 is 6.18 Å². The highest BCUT2D eigenvalue weighted by molar-refractivity contribution is 5.40. The van der Waals surface area contributed by atoms with E-state index in [0.717, 1.165) is 11.6 Å². The Hall–Kier alpha value is -1.88. The van der Waals surface area contributed by atoms with E-state index < -0.39 is 17.8 Å². The number of nitrogens with two attached hydrogens (primary N) is 1. The molecule has 0 aliphatic carbocycles. The van der Waals surface area contributed by atoms with Gasteiger partial charge in [0, 0.05) is 12.4 Å². The summed E-state index contributed by atoms with van der Waals surface area (Å²) in [7, 11) is 0. The second-order valence-corrected chi connectivity index (χ2v) is 4.29. The molecule has 1 aromatic carbocycles. The van der Waals surface area contributed by atoms with E-state index in [2.05, 4.69) is 4.98 Å². The number of halogens is 3. The smallest absolute Gasteiger partial charge is 0.320 e. The predicted molar refractivity (Wildman–Crippen MR) is 66.4 cm³/mol. The molecule has 2 nitrogen and oxygen atoms in total. The van der Waals surface area contributed by atoms with Crippen molar-refractivity contribution in [2.75, 3.05) is 0 Å². The normalized spacial score (nSPS) is 13.3. The Bertz CT molecular complexity index is 579. The molecule has 1 unspecified atom stereocenters. The Morgan fingerprint density at radius 3 is 2.42 bits per heavy atom. The van der Waals surface area contributed by atoms with E-state index >= 15 is 0 Å². The van der Waals surface area contributed by atoms with Gasteiger partial charge in [0.05, 0.1) is 11.6 Å². The highest BCUT2D eigenvalue weighted by atomic mass is 19.4. The Morgan fingerprint density at radius 2 is 1.79 bits per heavy atom. The van der Waals surface area contributed by atoms with Crippen LogP contribution in [0.2, 0.25) is 0 Å². The van der Waals surface area contributed by atoms with Crippen molar-refractivity contribution in [3.63, 3.8) is 0 Å². The van der Waals surface area contributed by atoms with Crippen LogP contribution in [0, 0.1) is 6.92 Å². The van der Waals surface area contributed by atoms with E-state index in [4.69, 9.17) is 5.73 Å². The van der Waals surface area contributed by atoms with E-state index in [0.29, 0.717) is 5.56 Å². The monoisotopic (exact) mass is 266 g/mol. The van der Waals surface area contributed by atoms with Crippen LogP contribution in [0.25, 0.3) is 0 Å². The molecule has 2 aromatic rings. The summed E-state index contributed by atoms with van der Waals surface area (Å²) in [5.41, 5.74) is 6.75. The maximum absolute atomic E-state index is 13.0. The summed E-state index contributed by atoms with van der Waals surface area (Å²) in [6, 6.07) is 6.24. The van der Waals surface area contributed by atoms with Gasteiger partial charge in [-0.3, -0.25) is 4.98 Å². The number of alkyl halides is 3. The van der Waals surface area contributed by atoms with Crippen LogP contribution in [0.1, 0.15) is 28.3 Å². The van der Waals surface area contributed by atoms with Gasteiger partial charge in [0.2, 0.25) is 0 Å². The largest absolute Gasteiger partial charge is 0.416 e. The Balaban J connectivity index is 2.51. The number of nitrogens with zero attached hydrogens (tertiary/aromatic N) is 1. The van der Waals surface area contributed by atoms with Crippen LogP contribution in [0.4, 0.5) is 13.2 Å². The summed E-state index contributed by atoms with van der Waals surface area (Å²) in [6.07, 6.45) is -1.32. The van der Waals surface area contributed by atoms with Gasteiger partial charge < -0.3 is 5.73 Å². The third kappa shape index (κ3) is 2.76. The van der Waals surface area contributed by atoms with Crippen molar-refractivity contribution < 1.29 is 13.2 Å². The number of benzene rings is 1. The highest BCUT2D eigenvalue weighted by Crippen LogP contribution is 2.35. The standard InChI is InChI=1S/C14H13F3N2/c1-9-6-7-19-8-11(9)13(18)10-4-2-3-5-12(10)14(15,16)17/h2-8,13H,18H2,1H3.